The quantitative estimate of drug-likeness (QED) is 0.734. The molecule has 5 nitrogen and oxygen atoms in total. The van der Waals surface area contributed by atoms with Crippen molar-refractivity contribution in [3.8, 4) is 0 Å². The highest BCUT2D eigenvalue weighted by Crippen LogP contribution is 2.47. The Hall–Kier alpha value is -2.40. The fourth-order valence-electron chi connectivity index (χ4n) is 5.49. The third-order valence-electron chi connectivity index (χ3n) is 6.98. The Morgan fingerprint density at radius 2 is 1.90 bits per heavy atom. The van der Waals surface area contributed by atoms with E-state index in [1.54, 1.807) is 0 Å². The van der Waals surface area contributed by atoms with Crippen molar-refractivity contribution >= 4 is 11.7 Å². The second-order valence-corrected chi connectivity index (χ2v) is 9.95. The number of carboxylic acids is 1. The summed E-state index contributed by atoms with van der Waals surface area (Å²) in [6.45, 7) is 12.9. The molecule has 4 rings (SSSR count). The van der Waals surface area contributed by atoms with Crippen molar-refractivity contribution in [2.75, 3.05) is 19.6 Å². The topological polar surface area (TPSA) is 65.5 Å². The molecular weight excluding hydrogens is 386 g/mol. The summed E-state index contributed by atoms with van der Waals surface area (Å²) in [7, 11) is 0. The van der Waals surface area contributed by atoms with Gasteiger partial charge in [0.1, 0.15) is 0 Å². The number of rotatable bonds is 5. The highest BCUT2D eigenvalue weighted by atomic mass is 16.4. The van der Waals surface area contributed by atoms with Gasteiger partial charge in [-0.1, -0.05) is 26.0 Å². The maximum Gasteiger partial charge on any atom is 0.317 e. The molecule has 2 aliphatic heterocycles. The lowest BCUT2D eigenvalue weighted by molar-refractivity contribution is -0.138. The highest BCUT2D eigenvalue weighted by Gasteiger charge is 2.42. The summed E-state index contributed by atoms with van der Waals surface area (Å²) < 4.78 is 0. The number of hydrogen-bond donors (Lipinski definition) is 2. The standard InChI is InChI=1S/C26H35N3O2/c1-16(2)24-22-14-20(19-7-10-29(11-8-19)15-23(30)31)6-9-26(22,5)28-25(24)21-12-17(3)27-18(4)13-21/h6,12-14,16,19,28H,7-11,15H2,1-5H3,(H,30,31). The average molecular weight is 422 g/mol. The number of piperidine rings is 1. The first-order valence-corrected chi connectivity index (χ1v) is 11.5. The van der Waals surface area contributed by atoms with Gasteiger partial charge in [-0.25, -0.2) is 0 Å². The molecule has 1 aromatic heterocycles. The summed E-state index contributed by atoms with van der Waals surface area (Å²) in [5.74, 6) is 0.206. The lowest BCUT2D eigenvalue weighted by Gasteiger charge is -2.36. The minimum atomic E-state index is -0.730. The zero-order valence-corrected chi connectivity index (χ0v) is 19.5. The van der Waals surface area contributed by atoms with Crippen molar-refractivity contribution in [1.29, 1.82) is 0 Å². The molecule has 3 aliphatic rings. The van der Waals surface area contributed by atoms with Crippen LogP contribution in [0.4, 0.5) is 0 Å². The van der Waals surface area contributed by atoms with Gasteiger partial charge in [0.15, 0.2) is 0 Å². The van der Waals surface area contributed by atoms with Crippen LogP contribution in [0.25, 0.3) is 5.70 Å². The second-order valence-electron chi connectivity index (χ2n) is 9.95. The number of nitrogens with zero attached hydrogens (tertiary/aromatic N) is 2. The lowest BCUT2D eigenvalue weighted by Crippen LogP contribution is -2.40. The van der Waals surface area contributed by atoms with Crippen LogP contribution in [0.5, 0.6) is 0 Å². The van der Waals surface area contributed by atoms with Gasteiger partial charge in [0.2, 0.25) is 0 Å². The summed E-state index contributed by atoms with van der Waals surface area (Å²) >= 11 is 0. The van der Waals surface area contributed by atoms with Gasteiger partial charge in [-0.15, -0.1) is 0 Å². The molecular formula is C26H35N3O2. The minimum Gasteiger partial charge on any atom is -0.480 e. The number of aryl methyl sites for hydroxylation is 2. The van der Waals surface area contributed by atoms with Crippen molar-refractivity contribution in [2.24, 2.45) is 11.8 Å². The molecule has 0 spiro atoms. The summed E-state index contributed by atoms with van der Waals surface area (Å²) in [5, 5.41) is 13.0. The van der Waals surface area contributed by atoms with E-state index >= 15 is 0 Å². The first-order valence-electron chi connectivity index (χ1n) is 11.5. The van der Waals surface area contributed by atoms with E-state index in [0.29, 0.717) is 11.8 Å². The Morgan fingerprint density at radius 1 is 1.26 bits per heavy atom. The average Bonchev–Trinajstić information content (AvgIpc) is 3.00. The fraction of sp³-hybridized carbons (Fsp3) is 0.538. The summed E-state index contributed by atoms with van der Waals surface area (Å²) in [5.41, 5.74) is 8.79. The molecule has 3 heterocycles. The molecule has 2 N–H and O–H groups in total. The number of fused-ring (bicyclic) bond motifs is 1. The van der Waals surface area contributed by atoms with E-state index < -0.39 is 5.97 Å². The Labute approximate surface area is 185 Å². The molecule has 31 heavy (non-hydrogen) atoms. The smallest absolute Gasteiger partial charge is 0.317 e. The SMILES string of the molecule is Cc1cc(C2=C(C(C)C)C3=CC(C4CCN(CC(=O)O)CC4)=CCC3(C)N2)cc(C)n1. The van der Waals surface area contributed by atoms with Crippen molar-refractivity contribution in [3.05, 3.63) is 58.0 Å². The van der Waals surface area contributed by atoms with Crippen molar-refractivity contribution in [2.45, 2.75) is 59.4 Å². The zero-order valence-electron chi connectivity index (χ0n) is 19.5. The Balaban J connectivity index is 1.64. The summed E-state index contributed by atoms with van der Waals surface area (Å²) in [6.07, 6.45) is 7.90. The molecule has 0 saturated carbocycles. The van der Waals surface area contributed by atoms with E-state index in [-0.39, 0.29) is 12.1 Å². The maximum absolute atomic E-state index is 11.0. The molecule has 1 aliphatic carbocycles. The molecule has 0 bridgehead atoms. The number of hydrogen-bond acceptors (Lipinski definition) is 4. The van der Waals surface area contributed by atoms with Gasteiger partial charge in [0.25, 0.3) is 0 Å². The molecule has 0 radical (unpaired) electrons. The van der Waals surface area contributed by atoms with Crippen LogP contribution in [-0.2, 0) is 4.79 Å². The van der Waals surface area contributed by atoms with E-state index in [1.807, 2.05) is 0 Å². The Kier molecular flexibility index (Phi) is 5.82. The number of likely N-dealkylation sites (tertiary alicyclic amines) is 1. The van der Waals surface area contributed by atoms with Crippen LogP contribution in [-0.4, -0.2) is 46.1 Å². The van der Waals surface area contributed by atoms with Crippen LogP contribution < -0.4 is 5.32 Å². The Morgan fingerprint density at radius 3 is 2.48 bits per heavy atom. The number of aromatic nitrogens is 1. The summed E-state index contributed by atoms with van der Waals surface area (Å²) in [6, 6.07) is 4.37. The number of carboxylic acid groups (broad SMARTS) is 1. The zero-order chi connectivity index (χ0) is 22.3. The molecule has 0 aromatic carbocycles. The molecule has 166 valence electrons. The number of carbonyl (C=O) groups is 1. The van der Waals surface area contributed by atoms with E-state index in [9.17, 15) is 4.79 Å². The molecule has 5 heteroatoms. The largest absolute Gasteiger partial charge is 0.480 e. The van der Waals surface area contributed by atoms with E-state index in [1.165, 1.54) is 28.0 Å². The van der Waals surface area contributed by atoms with Gasteiger partial charge < -0.3 is 10.4 Å². The summed E-state index contributed by atoms with van der Waals surface area (Å²) in [4.78, 5) is 17.6. The van der Waals surface area contributed by atoms with Crippen LogP contribution in [0, 0.1) is 25.7 Å². The second kappa shape index (κ2) is 8.27. The van der Waals surface area contributed by atoms with Crippen molar-refractivity contribution < 1.29 is 9.90 Å². The maximum atomic E-state index is 11.0. The number of allylic oxidation sites excluding steroid dienone is 2. The molecule has 1 fully saturated rings. The van der Waals surface area contributed by atoms with Crippen LogP contribution in [0.15, 0.2) is 41.0 Å². The van der Waals surface area contributed by atoms with Gasteiger partial charge in [-0.3, -0.25) is 14.7 Å². The predicted octanol–water partition coefficient (Wildman–Crippen LogP) is 4.48. The van der Waals surface area contributed by atoms with E-state index in [4.69, 9.17) is 5.11 Å². The molecule has 1 unspecified atom stereocenters. The monoisotopic (exact) mass is 421 g/mol. The van der Waals surface area contributed by atoms with Gasteiger partial charge in [-0.2, -0.15) is 0 Å². The normalized spacial score (nSPS) is 24.7. The third kappa shape index (κ3) is 4.33. The molecule has 1 saturated heterocycles. The predicted molar refractivity (Wildman–Crippen MR) is 125 cm³/mol. The number of pyridine rings is 1. The van der Waals surface area contributed by atoms with Crippen LogP contribution in [0.2, 0.25) is 0 Å². The Bertz CT molecular complexity index is 960. The van der Waals surface area contributed by atoms with Gasteiger partial charge in [0, 0.05) is 22.6 Å². The molecule has 0 amide bonds. The molecule has 1 aromatic rings. The van der Waals surface area contributed by atoms with Gasteiger partial charge in [0.05, 0.1) is 12.1 Å². The van der Waals surface area contributed by atoms with E-state index in [2.05, 4.69) is 74.1 Å². The molecule has 1 atom stereocenters. The number of nitrogens with one attached hydrogen (secondary N) is 1. The van der Waals surface area contributed by atoms with Crippen molar-refractivity contribution in [3.63, 3.8) is 0 Å². The van der Waals surface area contributed by atoms with Gasteiger partial charge in [-0.05, 0) is 93.8 Å². The highest BCUT2D eigenvalue weighted by molar-refractivity contribution is 5.79. The number of aliphatic carboxylic acids is 1. The van der Waals surface area contributed by atoms with Crippen LogP contribution in [0.1, 0.15) is 57.0 Å². The van der Waals surface area contributed by atoms with Crippen molar-refractivity contribution in [1.82, 2.24) is 15.2 Å². The minimum absolute atomic E-state index is 0.0759. The third-order valence-corrected chi connectivity index (χ3v) is 6.98. The van der Waals surface area contributed by atoms with Crippen LogP contribution >= 0.6 is 0 Å². The first-order chi connectivity index (χ1) is 14.7. The van der Waals surface area contributed by atoms with E-state index in [0.717, 1.165) is 43.7 Å². The van der Waals surface area contributed by atoms with Gasteiger partial charge >= 0.3 is 5.97 Å². The lowest BCUT2D eigenvalue weighted by atomic mass is 9.75. The van der Waals surface area contributed by atoms with Crippen LogP contribution in [0.3, 0.4) is 0 Å². The first kappa shape index (κ1) is 21.8. The fourth-order valence-corrected chi connectivity index (χ4v) is 5.49.